The molecule has 0 bridgehead atoms. The van der Waals surface area contributed by atoms with E-state index in [0.717, 1.165) is 36.3 Å². The van der Waals surface area contributed by atoms with Gasteiger partial charge in [0.2, 0.25) is 0 Å². The Kier molecular flexibility index (Phi) is 5.13. The topological polar surface area (TPSA) is 55.5 Å². The number of hydrogen-bond acceptors (Lipinski definition) is 4. The quantitative estimate of drug-likeness (QED) is 0.784. The molecule has 106 valence electrons. The number of hydrogen-bond donors (Lipinski definition) is 2. The van der Waals surface area contributed by atoms with E-state index in [9.17, 15) is 5.11 Å². The summed E-state index contributed by atoms with van der Waals surface area (Å²) in [7, 11) is 0. The van der Waals surface area contributed by atoms with Gasteiger partial charge in [-0.05, 0) is 42.9 Å². The van der Waals surface area contributed by atoms with Crippen molar-refractivity contribution in [2.45, 2.75) is 25.4 Å². The molecule has 1 aromatic carbocycles. The molecule has 0 fully saturated rings. The second-order valence-electron chi connectivity index (χ2n) is 5.29. The van der Waals surface area contributed by atoms with E-state index in [1.165, 1.54) is 0 Å². The van der Waals surface area contributed by atoms with E-state index in [4.69, 9.17) is 10.5 Å². The van der Waals surface area contributed by atoms with Gasteiger partial charge in [0.15, 0.2) is 0 Å². The van der Waals surface area contributed by atoms with Gasteiger partial charge in [-0.15, -0.1) is 0 Å². The Morgan fingerprint density at radius 3 is 3.00 bits per heavy atom. The molecule has 1 heterocycles. The Morgan fingerprint density at radius 2 is 2.26 bits per heavy atom. The lowest BCUT2D eigenvalue weighted by molar-refractivity contribution is -0.0189. The van der Waals surface area contributed by atoms with Crippen LogP contribution >= 0.6 is 11.8 Å². The van der Waals surface area contributed by atoms with E-state index in [1.807, 2.05) is 30.0 Å². The summed E-state index contributed by atoms with van der Waals surface area (Å²) in [6.07, 6.45) is 4.32. The number of benzene rings is 1. The highest BCUT2D eigenvalue weighted by atomic mass is 32.2. The van der Waals surface area contributed by atoms with Crippen molar-refractivity contribution in [2.75, 3.05) is 25.2 Å². The SMILES string of the molecule is CSCCCC(O)C1(CN)COc2ccccc2C1. The predicted molar refractivity (Wildman–Crippen MR) is 80.8 cm³/mol. The van der Waals surface area contributed by atoms with Crippen LogP contribution < -0.4 is 10.5 Å². The van der Waals surface area contributed by atoms with Crippen molar-refractivity contribution >= 4 is 11.8 Å². The Morgan fingerprint density at radius 1 is 1.47 bits per heavy atom. The zero-order chi connectivity index (χ0) is 13.7. The van der Waals surface area contributed by atoms with Crippen molar-refractivity contribution in [3.05, 3.63) is 29.8 Å². The Balaban J connectivity index is 2.08. The monoisotopic (exact) mass is 281 g/mol. The number of fused-ring (bicyclic) bond motifs is 1. The van der Waals surface area contributed by atoms with Crippen molar-refractivity contribution in [1.82, 2.24) is 0 Å². The van der Waals surface area contributed by atoms with Gasteiger partial charge in [-0.3, -0.25) is 0 Å². The highest BCUT2D eigenvalue weighted by molar-refractivity contribution is 7.98. The van der Waals surface area contributed by atoms with Gasteiger partial charge in [0.05, 0.1) is 12.7 Å². The Bertz CT molecular complexity index is 413. The minimum Gasteiger partial charge on any atom is -0.493 e. The first kappa shape index (κ1) is 14.7. The van der Waals surface area contributed by atoms with Crippen molar-refractivity contribution in [1.29, 1.82) is 0 Å². The van der Waals surface area contributed by atoms with Gasteiger partial charge in [0, 0.05) is 12.0 Å². The molecule has 1 aliphatic heterocycles. The van der Waals surface area contributed by atoms with Crippen LogP contribution in [0.3, 0.4) is 0 Å². The average Bonchev–Trinajstić information content (AvgIpc) is 2.46. The van der Waals surface area contributed by atoms with Gasteiger partial charge < -0.3 is 15.6 Å². The lowest BCUT2D eigenvalue weighted by Crippen LogP contribution is -2.50. The van der Waals surface area contributed by atoms with Crippen molar-refractivity contribution in [2.24, 2.45) is 11.1 Å². The minimum absolute atomic E-state index is 0.327. The molecule has 2 rings (SSSR count). The summed E-state index contributed by atoms with van der Waals surface area (Å²) in [5.74, 6) is 2.01. The van der Waals surface area contributed by atoms with E-state index < -0.39 is 6.10 Å². The first-order valence-corrected chi connectivity index (χ1v) is 8.19. The molecular formula is C15H23NO2S. The van der Waals surface area contributed by atoms with Gasteiger partial charge in [-0.1, -0.05) is 18.2 Å². The summed E-state index contributed by atoms with van der Waals surface area (Å²) in [5.41, 5.74) is 6.78. The standard InChI is InChI=1S/C15H23NO2S/c1-19-8-4-7-14(17)15(10-16)9-12-5-2-3-6-13(12)18-11-15/h2-3,5-6,14,17H,4,7-11,16H2,1H3. The number of rotatable bonds is 6. The second kappa shape index (κ2) is 6.64. The fraction of sp³-hybridized carbons (Fsp3) is 0.600. The van der Waals surface area contributed by atoms with Crippen LogP contribution in [0.15, 0.2) is 24.3 Å². The van der Waals surface area contributed by atoms with Gasteiger partial charge in [-0.2, -0.15) is 11.8 Å². The van der Waals surface area contributed by atoms with Gasteiger partial charge >= 0.3 is 0 Å². The zero-order valence-electron chi connectivity index (χ0n) is 11.5. The van der Waals surface area contributed by atoms with E-state index in [1.54, 1.807) is 0 Å². The van der Waals surface area contributed by atoms with Gasteiger partial charge in [0.1, 0.15) is 5.75 Å². The molecule has 3 N–H and O–H groups in total. The molecule has 19 heavy (non-hydrogen) atoms. The highest BCUT2D eigenvalue weighted by Crippen LogP contribution is 2.37. The summed E-state index contributed by atoms with van der Waals surface area (Å²) in [4.78, 5) is 0. The summed E-state index contributed by atoms with van der Waals surface area (Å²) in [6.45, 7) is 0.975. The normalized spacial score (nSPS) is 23.5. The predicted octanol–water partition coefficient (Wildman–Crippen LogP) is 2.07. The molecule has 0 saturated heterocycles. The largest absolute Gasteiger partial charge is 0.493 e. The van der Waals surface area contributed by atoms with Crippen LogP contribution in [-0.4, -0.2) is 36.4 Å². The molecule has 4 heteroatoms. The highest BCUT2D eigenvalue weighted by Gasteiger charge is 2.40. The minimum atomic E-state index is -0.391. The number of para-hydroxylation sites is 1. The average molecular weight is 281 g/mol. The van der Waals surface area contributed by atoms with Gasteiger partial charge in [-0.25, -0.2) is 0 Å². The summed E-state index contributed by atoms with van der Waals surface area (Å²) < 4.78 is 5.81. The second-order valence-corrected chi connectivity index (χ2v) is 6.28. The molecule has 1 aliphatic rings. The molecule has 0 radical (unpaired) electrons. The van der Waals surface area contributed by atoms with Crippen LogP contribution in [0.25, 0.3) is 0 Å². The fourth-order valence-corrected chi connectivity index (χ4v) is 3.11. The third-order valence-electron chi connectivity index (χ3n) is 3.97. The Labute approximate surface area is 119 Å². The first-order chi connectivity index (χ1) is 9.22. The molecule has 2 atom stereocenters. The number of aliphatic hydroxyl groups excluding tert-OH is 1. The van der Waals surface area contributed by atoms with E-state index in [0.29, 0.717) is 13.2 Å². The van der Waals surface area contributed by atoms with Crippen LogP contribution in [0.2, 0.25) is 0 Å². The van der Waals surface area contributed by atoms with E-state index in [-0.39, 0.29) is 5.41 Å². The van der Waals surface area contributed by atoms with Crippen molar-refractivity contribution in [3.63, 3.8) is 0 Å². The molecule has 2 unspecified atom stereocenters. The zero-order valence-corrected chi connectivity index (χ0v) is 12.3. The van der Waals surface area contributed by atoms with E-state index in [2.05, 4.69) is 12.3 Å². The summed E-state index contributed by atoms with van der Waals surface area (Å²) in [6, 6.07) is 8.03. The summed E-state index contributed by atoms with van der Waals surface area (Å²) in [5, 5.41) is 10.5. The maximum Gasteiger partial charge on any atom is 0.122 e. The molecule has 0 aliphatic carbocycles. The smallest absolute Gasteiger partial charge is 0.122 e. The van der Waals surface area contributed by atoms with Crippen LogP contribution in [0.1, 0.15) is 18.4 Å². The molecule has 3 nitrogen and oxygen atoms in total. The molecule has 0 aromatic heterocycles. The van der Waals surface area contributed by atoms with Crippen molar-refractivity contribution in [3.8, 4) is 5.75 Å². The maximum atomic E-state index is 10.5. The molecular weight excluding hydrogens is 258 g/mol. The molecule has 1 aromatic rings. The molecule has 0 saturated carbocycles. The first-order valence-electron chi connectivity index (χ1n) is 6.79. The van der Waals surface area contributed by atoms with Crippen LogP contribution in [0, 0.1) is 5.41 Å². The molecule has 0 spiro atoms. The maximum absolute atomic E-state index is 10.5. The number of ether oxygens (including phenoxy) is 1. The van der Waals surface area contributed by atoms with Crippen molar-refractivity contribution < 1.29 is 9.84 Å². The Hall–Kier alpha value is -0.710. The number of aliphatic hydroxyl groups is 1. The van der Waals surface area contributed by atoms with Crippen LogP contribution in [0.5, 0.6) is 5.75 Å². The van der Waals surface area contributed by atoms with E-state index >= 15 is 0 Å². The summed E-state index contributed by atoms with van der Waals surface area (Å²) >= 11 is 1.81. The molecule has 0 amide bonds. The third-order valence-corrected chi connectivity index (χ3v) is 4.67. The van der Waals surface area contributed by atoms with Crippen LogP contribution in [0.4, 0.5) is 0 Å². The third kappa shape index (κ3) is 3.25. The lowest BCUT2D eigenvalue weighted by atomic mass is 9.74. The van der Waals surface area contributed by atoms with Crippen LogP contribution in [-0.2, 0) is 6.42 Å². The number of thioether (sulfide) groups is 1. The fourth-order valence-electron chi connectivity index (χ4n) is 2.65. The van der Waals surface area contributed by atoms with Gasteiger partial charge in [0.25, 0.3) is 0 Å². The lowest BCUT2D eigenvalue weighted by Gasteiger charge is -2.40. The number of nitrogens with two attached hydrogens (primary N) is 1.